The Morgan fingerprint density at radius 1 is 1.36 bits per heavy atom. The monoisotopic (exact) mass is 162 g/mol. The maximum atomic E-state index is 8.41. The van der Waals surface area contributed by atoms with E-state index in [1.54, 1.807) is 24.3 Å². The van der Waals surface area contributed by atoms with E-state index < -0.39 is 0 Å². The fourth-order valence-electron chi connectivity index (χ4n) is 0.694. The molecule has 0 saturated carbocycles. The lowest BCUT2D eigenvalue weighted by Crippen LogP contribution is -1.76. The molecule has 1 radical (unpaired) electrons. The zero-order valence-electron chi connectivity index (χ0n) is 5.71. The van der Waals surface area contributed by atoms with Crippen LogP contribution in [0.25, 0.3) is 5.57 Å². The molecule has 0 aromatic heterocycles. The standard InChI is InChI=1S/C9H5ClN/c1-7(6-11)8-2-4-9(10)5-3-8/h1-5H. The van der Waals surface area contributed by atoms with Crippen LogP contribution in [0.5, 0.6) is 0 Å². The topological polar surface area (TPSA) is 23.8 Å². The average Bonchev–Trinajstić information content (AvgIpc) is 2.05. The summed E-state index contributed by atoms with van der Waals surface area (Å²) in [5.74, 6) is 0. The second kappa shape index (κ2) is 3.23. The fraction of sp³-hybridized carbons (Fsp3) is 0. The van der Waals surface area contributed by atoms with Gasteiger partial charge in [0.05, 0.1) is 11.6 Å². The van der Waals surface area contributed by atoms with Gasteiger partial charge in [-0.3, -0.25) is 0 Å². The number of nitriles is 1. The summed E-state index contributed by atoms with van der Waals surface area (Å²) in [5, 5.41) is 9.05. The lowest BCUT2D eigenvalue weighted by molar-refractivity contribution is 1.52. The Kier molecular flexibility index (Phi) is 2.30. The molecule has 1 nitrogen and oxygen atoms in total. The summed E-state index contributed by atoms with van der Waals surface area (Å²) in [5.41, 5.74) is 0.915. The molecule has 0 unspecified atom stereocenters. The molecule has 1 rings (SSSR count). The van der Waals surface area contributed by atoms with Crippen molar-refractivity contribution in [2.45, 2.75) is 0 Å². The molecular weight excluding hydrogens is 158 g/mol. The Morgan fingerprint density at radius 3 is 2.36 bits per heavy atom. The molecule has 0 fully saturated rings. The van der Waals surface area contributed by atoms with Crippen LogP contribution in [0, 0.1) is 17.9 Å². The van der Waals surface area contributed by atoms with Gasteiger partial charge < -0.3 is 0 Å². The van der Waals surface area contributed by atoms with Crippen molar-refractivity contribution in [1.82, 2.24) is 0 Å². The van der Waals surface area contributed by atoms with Crippen molar-refractivity contribution in [3.05, 3.63) is 41.4 Å². The van der Waals surface area contributed by atoms with Gasteiger partial charge in [-0.2, -0.15) is 5.26 Å². The largest absolute Gasteiger partial charge is 0.192 e. The second-order valence-corrected chi connectivity index (χ2v) is 2.47. The summed E-state index contributed by atoms with van der Waals surface area (Å²) in [7, 11) is 0. The molecule has 0 amide bonds. The van der Waals surface area contributed by atoms with Gasteiger partial charge in [-0.1, -0.05) is 23.7 Å². The van der Waals surface area contributed by atoms with Gasteiger partial charge in [-0.05, 0) is 24.3 Å². The third-order valence-electron chi connectivity index (χ3n) is 1.28. The summed E-state index contributed by atoms with van der Waals surface area (Å²) in [4.78, 5) is 0. The van der Waals surface area contributed by atoms with E-state index in [2.05, 4.69) is 0 Å². The second-order valence-electron chi connectivity index (χ2n) is 2.03. The predicted octanol–water partition coefficient (Wildman–Crippen LogP) is 2.68. The molecule has 0 heterocycles. The minimum atomic E-state index is 0.210. The van der Waals surface area contributed by atoms with Crippen LogP contribution >= 0.6 is 11.6 Å². The number of rotatable bonds is 1. The van der Waals surface area contributed by atoms with Gasteiger partial charge in [0, 0.05) is 5.02 Å². The minimum absolute atomic E-state index is 0.210. The van der Waals surface area contributed by atoms with Gasteiger partial charge in [0.25, 0.3) is 0 Å². The number of benzene rings is 1. The lowest BCUT2D eigenvalue weighted by atomic mass is 10.1. The first kappa shape index (κ1) is 7.84. The summed E-state index contributed by atoms with van der Waals surface area (Å²) in [6.45, 7) is 5.36. The van der Waals surface area contributed by atoms with Crippen molar-refractivity contribution in [3.8, 4) is 6.07 Å². The van der Waals surface area contributed by atoms with Gasteiger partial charge >= 0.3 is 0 Å². The van der Waals surface area contributed by atoms with Crippen molar-refractivity contribution >= 4 is 17.2 Å². The van der Waals surface area contributed by atoms with Crippen LogP contribution < -0.4 is 0 Å². The molecule has 0 spiro atoms. The molecule has 1 aromatic carbocycles. The molecule has 0 bridgehead atoms. The molecule has 2 heteroatoms. The van der Waals surface area contributed by atoms with Gasteiger partial charge in [0.15, 0.2) is 0 Å². The van der Waals surface area contributed by atoms with Crippen molar-refractivity contribution in [1.29, 1.82) is 5.26 Å². The van der Waals surface area contributed by atoms with Crippen LogP contribution in [0.15, 0.2) is 24.3 Å². The van der Waals surface area contributed by atoms with Crippen LogP contribution in [0.2, 0.25) is 5.02 Å². The Bertz CT molecular complexity index is 305. The highest BCUT2D eigenvalue weighted by Gasteiger charge is 1.95. The summed E-state index contributed by atoms with van der Waals surface area (Å²) in [6.07, 6.45) is 0. The van der Waals surface area contributed by atoms with Crippen molar-refractivity contribution in [2.75, 3.05) is 0 Å². The van der Waals surface area contributed by atoms with Gasteiger partial charge in [-0.15, -0.1) is 0 Å². The predicted molar refractivity (Wildman–Crippen MR) is 44.8 cm³/mol. The first-order valence-corrected chi connectivity index (χ1v) is 3.40. The number of allylic oxidation sites excluding steroid dienone is 1. The molecule has 0 aliphatic carbocycles. The summed E-state index contributed by atoms with van der Waals surface area (Å²) < 4.78 is 0. The first-order valence-electron chi connectivity index (χ1n) is 3.02. The normalized spacial score (nSPS) is 8.73. The first-order chi connectivity index (χ1) is 5.24. The molecular formula is C9H5ClN. The Labute approximate surface area is 70.5 Å². The molecule has 53 valence electrons. The SMILES string of the molecule is [CH]=C(C#N)c1ccc(Cl)cc1. The van der Waals surface area contributed by atoms with Crippen molar-refractivity contribution in [3.63, 3.8) is 0 Å². The van der Waals surface area contributed by atoms with Crippen LogP contribution in [0.4, 0.5) is 0 Å². The molecule has 0 aliphatic rings. The molecule has 0 aliphatic heterocycles. The Morgan fingerprint density at radius 2 is 1.91 bits per heavy atom. The van der Waals surface area contributed by atoms with E-state index in [1.165, 1.54) is 0 Å². The zero-order valence-corrected chi connectivity index (χ0v) is 6.47. The van der Waals surface area contributed by atoms with Crippen molar-refractivity contribution in [2.24, 2.45) is 0 Å². The highest BCUT2D eigenvalue weighted by Crippen LogP contribution is 2.14. The maximum Gasteiger partial charge on any atom is 0.0997 e. The molecule has 1 aromatic rings. The molecule has 0 saturated heterocycles. The number of hydrogen-bond donors (Lipinski definition) is 0. The Hall–Kier alpha value is -1.26. The quantitative estimate of drug-likeness (QED) is 0.583. The lowest BCUT2D eigenvalue weighted by Gasteiger charge is -1.94. The molecule has 11 heavy (non-hydrogen) atoms. The third-order valence-corrected chi connectivity index (χ3v) is 1.53. The van der Waals surface area contributed by atoms with E-state index in [0.29, 0.717) is 10.6 Å². The molecule has 0 atom stereocenters. The fourth-order valence-corrected chi connectivity index (χ4v) is 0.820. The number of nitrogens with zero attached hydrogens (tertiary/aromatic N) is 1. The molecule has 0 N–H and O–H groups in total. The van der Waals surface area contributed by atoms with Crippen LogP contribution in [0.3, 0.4) is 0 Å². The van der Waals surface area contributed by atoms with Gasteiger partial charge in [0.1, 0.15) is 0 Å². The van der Waals surface area contributed by atoms with Crippen LogP contribution in [-0.4, -0.2) is 0 Å². The van der Waals surface area contributed by atoms with Gasteiger partial charge in [0.2, 0.25) is 0 Å². The van der Waals surface area contributed by atoms with Crippen molar-refractivity contribution < 1.29 is 0 Å². The van der Waals surface area contributed by atoms with E-state index in [4.69, 9.17) is 23.4 Å². The Balaban J connectivity index is 3.01. The van der Waals surface area contributed by atoms with E-state index in [1.807, 2.05) is 6.07 Å². The summed E-state index contributed by atoms with van der Waals surface area (Å²) in [6, 6.07) is 8.66. The van der Waals surface area contributed by atoms with E-state index in [-0.39, 0.29) is 5.57 Å². The number of halogens is 1. The third kappa shape index (κ3) is 1.83. The minimum Gasteiger partial charge on any atom is -0.192 e. The van der Waals surface area contributed by atoms with Gasteiger partial charge in [-0.25, -0.2) is 0 Å². The zero-order chi connectivity index (χ0) is 8.27. The average molecular weight is 163 g/mol. The number of hydrogen-bond acceptors (Lipinski definition) is 1. The smallest absolute Gasteiger partial charge is 0.0997 e. The summed E-state index contributed by atoms with van der Waals surface area (Å²) >= 11 is 5.63. The van der Waals surface area contributed by atoms with E-state index in [9.17, 15) is 0 Å². The highest BCUT2D eigenvalue weighted by atomic mass is 35.5. The van der Waals surface area contributed by atoms with Crippen LogP contribution in [-0.2, 0) is 0 Å². The van der Waals surface area contributed by atoms with E-state index in [0.717, 1.165) is 0 Å². The van der Waals surface area contributed by atoms with Crippen LogP contribution in [0.1, 0.15) is 5.56 Å². The maximum absolute atomic E-state index is 8.41. The highest BCUT2D eigenvalue weighted by molar-refractivity contribution is 6.30. The van der Waals surface area contributed by atoms with E-state index >= 15 is 0 Å².